The number of piperidine rings is 1. The summed E-state index contributed by atoms with van der Waals surface area (Å²) in [5.41, 5.74) is 0.532. The van der Waals surface area contributed by atoms with Crippen LogP contribution in [0.5, 0.6) is 0 Å². The van der Waals surface area contributed by atoms with Crippen molar-refractivity contribution in [2.45, 2.75) is 53.0 Å². The van der Waals surface area contributed by atoms with Crippen LogP contribution >= 0.6 is 12.4 Å². The number of carbonyl (C=O) groups excluding carboxylic acids is 1. The Hall–Kier alpha value is -0.280. The molecule has 0 bridgehead atoms. The molecule has 1 aliphatic heterocycles. The number of carbonyl (C=O) groups is 1. The van der Waals surface area contributed by atoms with Crippen LogP contribution in [0.25, 0.3) is 0 Å². The molecule has 1 amide bonds. The lowest BCUT2D eigenvalue weighted by atomic mass is 9.77. The highest BCUT2D eigenvalue weighted by atomic mass is 35.5. The number of amides is 1. The highest BCUT2D eigenvalue weighted by Gasteiger charge is 2.50. The molecule has 18 heavy (non-hydrogen) atoms. The zero-order valence-electron chi connectivity index (χ0n) is 12.0. The summed E-state index contributed by atoms with van der Waals surface area (Å²) in [5, 5.41) is 6.65. The minimum atomic E-state index is 0. The molecule has 0 aromatic carbocycles. The van der Waals surface area contributed by atoms with Crippen molar-refractivity contribution < 1.29 is 4.79 Å². The highest BCUT2D eigenvalue weighted by Crippen LogP contribution is 2.51. The van der Waals surface area contributed by atoms with Crippen LogP contribution in [0.2, 0.25) is 0 Å². The summed E-state index contributed by atoms with van der Waals surface area (Å²) >= 11 is 0. The molecular formula is C14H27ClN2O. The van der Waals surface area contributed by atoms with Crippen LogP contribution in [0.1, 0.15) is 47.0 Å². The van der Waals surface area contributed by atoms with Crippen LogP contribution in [-0.2, 0) is 4.79 Å². The van der Waals surface area contributed by atoms with Crippen molar-refractivity contribution in [2.75, 3.05) is 13.1 Å². The zero-order chi connectivity index (χ0) is 12.7. The van der Waals surface area contributed by atoms with Crippen LogP contribution < -0.4 is 10.6 Å². The van der Waals surface area contributed by atoms with E-state index in [4.69, 9.17) is 0 Å². The second-order valence-corrected chi connectivity index (χ2v) is 7.09. The third-order valence-corrected chi connectivity index (χ3v) is 4.64. The van der Waals surface area contributed by atoms with Gasteiger partial charge in [0.1, 0.15) is 0 Å². The number of hydrogen-bond donors (Lipinski definition) is 2. The summed E-state index contributed by atoms with van der Waals surface area (Å²) in [6.07, 6.45) is 3.53. The first-order valence-electron chi connectivity index (χ1n) is 6.84. The molecule has 2 unspecified atom stereocenters. The van der Waals surface area contributed by atoms with Gasteiger partial charge in [-0.05, 0) is 36.6 Å². The molecule has 2 N–H and O–H groups in total. The largest absolute Gasteiger partial charge is 0.354 e. The molecule has 2 fully saturated rings. The van der Waals surface area contributed by atoms with Gasteiger partial charge in [0, 0.05) is 18.5 Å². The molecule has 0 aromatic rings. The molecule has 2 aliphatic rings. The highest BCUT2D eigenvalue weighted by molar-refractivity contribution is 5.85. The van der Waals surface area contributed by atoms with E-state index in [0.29, 0.717) is 11.5 Å². The molecule has 1 heterocycles. The molecule has 1 aliphatic carbocycles. The van der Waals surface area contributed by atoms with Gasteiger partial charge in [-0.15, -0.1) is 12.4 Å². The van der Waals surface area contributed by atoms with Crippen molar-refractivity contribution >= 4 is 18.3 Å². The molecular weight excluding hydrogens is 248 g/mol. The predicted octanol–water partition coefficient (Wildman–Crippen LogP) is 2.35. The van der Waals surface area contributed by atoms with E-state index in [2.05, 4.69) is 38.3 Å². The maximum Gasteiger partial charge on any atom is 0.223 e. The van der Waals surface area contributed by atoms with Crippen LogP contribution in [0, 0.1) is 16.7 Å². The van der Waals surface area contributed by atoms with Gasteiger partial charge in [-0.3, -0.25) is 4.79 Å². The number of rotatable bonds is 3. The van der Waals surface area contributed by atoms with Crippen molar-refractivity contribution in [3.63, 3.8) is 0 Å². The minimum absolute atomic E-state index is 0. The standard InChI is InChI=1S/C14H26N2O.ClH/c1-13(2)6-5-7-15-11(13)9-16-12(17)10-8-14(10,3)4;/h10-11,15H,5-9H2,1-4H3,(H,16,17);1H. The number of halogens is 1. The van der Waals surface area contributed by atoms with E-state index < -0.39 is 0 Å². The average Bonchev–Trinajstić information content (AvgIpc) is 2.85. The van der Waals surface area contributed by atoms with Gasteiger partial charge in [-0.25, -0.2) is 0 Å². The molecule has 4 heteroatoms. The summed E-state index contributed by atoms with van der Waals surface area (Å²) in [6.45, 7) is 10.8. The van der Waals surface area contributed by atoms with E-state index >= 15 is 0 Å². The third kappa shape index (κ3) is 3.39. The van der Waals surface area contributed by atoms with Gasteiger partial charge in [0.05, 0.1) is 0 Å². The molecule has 1 saturated heterocycles. The van der Waals surface area contributed by atoms with Gasteiger partial charge >= 0.3 is 0 Å². The number of hydrogen-bond acceptors (Lipinski definition) is 2. The summed E-state index contributed by atoms with van der Waals surface area (Å²) in [5.74, 6) is 0.493. The fraction of sp³-hybridized carbons (Fsp3) is 0.929. The Labute approximate surface area is 117 Å². The maximum absolute atomic E-state index is 11.9. The Morgan fingerprint density at radius 3 is 2.39 bits per heavy atom. The van der Waals surface area contributed by atoms with E-state index in [1.165, 1.54) is 12.8 Å². The molecule has 0 radical (unpaired) electrons. The molecule has 106 valence electrons. The zero-order valence-corrected chi connectivity index (χ0v) is 12.8. The Morgan fingerprint density at radius 1 is 1.28 bits per heavy atom. The van der Waals surface area contributed by atoms with Crippen LogP contribution in [0.3, 0.4) is 0 Å². The SMILES string of the molecule is CC1(C)CCCNC1CNC(=O)C1CC1(C)C.Cl. The normalized spacial score (nSPS) is 32.2. The van der Waals surface area contributed by atoms with Gasteiger partial charge in [0.2, 0.25) is 5.91 Å². The van der Waals surface area contributed by atoms with Gasteiger partial charge in [-0.2, -0.15) is 0 Å². The van der Waals surface area contributed by atoms with Crippen molar-refractivity contribution in [3.8, 4) is 0 Å². The van der Waals surface area contributed by atoms with Gasteiger partial charge in [-0.1, -0.05) is 27.7 Å². The van der Waals surface area contributed by atoms with Crippen molar-refractivity contribution in [1.29, 1.82) is 0 Å². The summed E-state index contributed by atoms with van der Waals surface area (Å²) in [4.78, 5) is 11.9. The second-order valence-electron chi connectivity index (χ2n) is 7.09. The Bertz CT molecular complexity index is 315. The Balaban J connectivity index is 0.00000162. The lowest BCUT2D eigenvalue weighted by Crippen LogP contribution is -2.53. The molecule has 2 atom stereocenters. The summed E-state index contributed by atoms with van der Waals surface area (Å²) in [7, 11) is 0. The quantitative estimate of drug-likeness (QED) is 0.830. The van der Waals surface area contributed by atoms with Crippen molar-refractivity contribution in [2.24, 2.45) is 16.7 Å². The average molecular weight is 275 g/mol. The predicted molar refractivity (Wildman–Crippen MR) is 77.0 cm³/mol. The van der Waals surface area contributed by atoms with E-state index in [1.807, 2.05) is 0 Å². The van der Waals surface area contributed by atoms with E-state index in [0.717, 1.165) is 19.5 Å². The van der Waals surface area contributed by atoms with E-state index in [1.54, 1.807) is 0 Å². The van der Waals surface area contributed by atoms with E-state index in [-0.39, 0.29) is 29.6 Å². The van der Waals surface area contributed by atoms with Gasteiger partial charge < -0.3 is 10.6 Å². The summed E-state index contributed by atoms with van der Waals surface area (Å²) in [6, 6.07) is 0.419. The molecule has 2 rings (SSSR count). The van der Waals surface area contributed by atoms with Crippen molar-refractivity contribution in [1.82, 2.24) is 10.6 Å². The minimum Gasteiger partial charge on any atom is -0.354 e. The first kappa shape index (κ1) is 15.8. The van der Waals surface area contributed by atoms with Crippen LogP contribution in [0.15, 0.2) is 0 Å². The second kappa shape index (κ2) is 5.38. The fourth-order valence-corrected chi connectivity index (χ4v) is 2.86. The molecule has 1 saturated carbocycles. The molecule has 0 aromatic heterocycles. The topological polar surface area (TPSA) is 41.1 Å². The molecule has 0 spiro atoms. The first-order valence-corrected chi connectivity index (χ1v) is 6.84. The maximum atomic E-state index is 11.9. The first-order chi connectivity index (χ1) is 7.83. The third-order valence-electron chi connectivity index (χ3n) is 4.64. The van der Waals surface area contributed by atoms with Crippen LogP contribution in [0.4, 0.5) is 0 Å². The van der Waals surface area contributed by atoms with Gasteiger partial charge in [0.15, 0.2) is 0 Å². The summed E-state index contributed by atoms with van der Waals surface area (Å²) < 4.78 is 0. The monoisotopic (exact) mass is 274 g/mol. The van der Waals surface area contributed by atoms with Crippen molar-refractivity contribution in [3.05, 3.63) is 0 Å². The Morgan fingerprint density at radius 2 is 1.89 bits per heavy atom. The van der Waals surface area contributed by atoms with Crippen LogP contribution in [-0.4, -0.2) is 25.0 Å². The van der Waals surface area contributed by atoms with E-state index in [9.17, 15) is 4.79 Å². The van der Waals surface area contributed by atoms with Gasteiger partial charge in [0.25, 0.3) is 0 Å². The smallest absolute Gasteiger partial charge is 0.223 e. The fourth-order valence-electron chi connectivity index (χ4n) is 2.86. The lowest BCUT2D eigenvalue weighted by molar-refractivity contribution is -0.123. The lowest BCUT2D eigenvalue weighted by Gasteiger charge is -2.39. The molecule has 3 nitrogen and oxygen atoms in total. The number of nitrogens with one attached hydrogen (secondary N) is 2. The Kier molecular flexibility index (Phi) is 4.71.